The Labute approximate surface area is 357 Å². The van der Waals surface area contributed by atoms with E-state index >= 15 is 0 Å². The fourth-order valence-corrected chi connectivity index (χ4v) is 10.2. The highest BCUT2D eigenvalue weighted by Crippen LogP contribution is 2.53. The van der Waals surface area contributed by atoms with Crippen LogP contribution in [0.5, 0.6) is 0 Å². The molecule has 0 saturated heterocycles. The number of rotatable bonds is 6. The van der Waals surface area contributed by atoms with Gasteiger partial charge in [-0.25, -0.2) is 19.9 Å². The molecule has 1 aliphatic rings. The van der Waals surface area contributed by atoms with Crippen molar-refractivity contribution in [2.45, 2.75) is 19.3 Å². The molecule has 288 valence electrons. The third-order valence-corrected chi connectivity index (χ3v) is 13.3. The molecule has 0 fully saturated rings. The number of thiazole rings is 1. The minimum Gasteiger partial charge on any atom is -0.309 e. The SMILES string of the molecule is CC1(C)c2cc(-c3ccc4c(c3)c3cc(-c5ccccc5)ccc3n4-c3cccc(-c4nc(-c5ccccc5)nc(-c5ccccc5)n4)c3)ccc2-c2c1ccc1ncsc21. The van der Waals surface area contributed by atoms with Crippen LogP contribution in [0, 0.1) is 0 Å². The van der Waals surface area contributed by atoms with Crippen molar-refractivity contribution >= 4 is 43.4 Å². The zero-order valence-electron chi connectivity index (χ0n) is 33.5. The monoisotopic (exact) mass is 799 g/mol. The first-order valence-electron chi connectivity index (χ1n) is 20.6. The van der Waals surface area contributed by atoms with Crippen LogP contribution < -0.4 is 0 Å². The van der Waals surface area contributed by atoms with E-state index in [9.17, 15) is 0 Å². The summed E-state index contributed by atoms with van der Waals surface area (Å²) in [5.74, 6) is 1.91. The van der Waals surface area contributed by atoms with Crippen LogP contribution in [0.2, 0.25) is 0 Å². The van der Waals surface area contributed by atoms with Gasteiger partial charge in [0.25, 0.3) is 0 Å². The molecule has 0 N–H and O–H groups in total. The molecule has 1 aliphatic carbocycles. The maximum Gasteiger partial charge on any atom is 0.164 e. The van der Waals surface area contributed by atoms with Gasteiger partial charge in [-0.15, -0.1) is 11.3 Å². The van der Waals surface area contributed by atoms with Crippen molar-refractivity contribution in [2.24, 2.45) is 0 Å². The number of hydrogen-bond donors (Lipinski definition) is 0. The van der Waals surface area contributed by atoms with Gasteiger partial charge in [0, 0.05) is 44.1 Å². The summed E-state index contributed by atoms with van der Waals surface area (Å²) < 4.78 is 3.65. The highest BCUT2D eigenvalue weighted by Gasteiger charge is 2.37. The standard InChI is InChI=1S/C55H37N5S/c1-55(2)45-25-26-47-51(61-33-56-47)50(45)42-24-21-39(32-46(42)55)38-23-28-49-44(31-38)43-30-37(34-13-6-3-7-14-34)22-27-48(43)60(49)41-20-12-19-40(29-41)54-58-52(35-15-8-4-9-16-35)57-53(59-54)36-17-10-5-11-18-36/h3-33H,1-2H3. The molecule has 0 unspecified atom stereocenters. The van der Waals surface area contributed by atoms with E-state index in [1.807, 2.05) is 66.2 Å². The summed E-state index contributed by atoms with van der Waals surface area (Å²) in [5.41, 5.74) is 19.2. The Morgan fingerprint density at radius 3 is 1.62 bits per heavy atom. The molecule has 0 radical (unpaired) electrons. The Kier molecular flexibility index (Phi) is 7.99. The average molecular weight is 800 g/mol. The second kappa shape index (κ2) is 13.8. The van der Waals surface area contributed by atoms with Crippen molar-refractivity contribution in [2.75, 3.05) is 0 Å². The van der Waals surface area contributed by atoms with E-state index in [-0.39, 0.29) is 5.41 Å². The van der Waals surface area contributed by atoms with Gasteiger partial charge in [-0.3, -0.25) is 0 Å². The average Bonchev–Trinajstić information content (AvgIpc) is 4.00. The second-order valence-electron chi connectivity index (χ2n) is 16.3. The molecule has 0 atom stereocenters. The highest BCUT2D eigenvalue weighted by atomic mass is 32.1. The zero-order valence-corrected chi connectivity index (χ0v) is 34.4. The summed E-state index contributed by atoms with van der Waals surface area (Å²) >= 11 is 1.74. The molecule has 61 heavy (non-hydrogen) atoms. The predicted octanol–water partition coefficient (Wildman–Crippen LogP) is 14.2. The van der Waals surface area contributed by atoms with E-state index in [0.29, 0.717) is 17.5 Å². The minimum absolute atomic E-state index is 0.128. The van der Waals surface area contributed by atoms with Crippen molar-refractivity contribution < 1.29 is 0 Å². The van der Waals surface area contributed by atoms with Gasteiger partial charge in [0.05, 0.1) is 26.8 Å². The summed E-state index contributed by atoms with van der Waals surface area (Å²) in [5, 5.41) is 2.39. The minimum atomic E-state index is -0.128. The van der Waals surface area contributed by atoms with Crippen molar-refractivity contribution in [3.05, 3.63) is 199 Å². The van der Waals surface area contributed by atoms with Crippen LogP contribution in [0.4, 0.5) is 0 Å². The maximum absolute atomic E-state index is 5.06. The van der Waals surface area contributed by atoms with E-state index in [2.05, 4.69) is 145 Å². The predicted molar refractivity (Wildman–Crippen MR) is 252 cm³/mol. The van der Waals surface area contributed by atoms with Gasteiger partial charge in [0.2, 0.25) is 0 Å². The normalized spacial score (nSPS) is 12.9. The van der Waals surface area contributed by atoms with Crippen molar-refractivity contribution in [3.8, 4) is 73.2 Å². The van der Waals surface area contributed by atoms with Gasteiger partial charge in [0.1, 0.15) is 0 Å². The van der Waals surface area contributed by atoms with Gasteiger partial charge in [-0.2, -0.15) is 0 Å². The van der Waals surface area contributed by atoms with Gasteiger partial charge in [-0.1, -0.05) is 147 Å². The number of nitrogens with zero attached hydrogens (tertiary/aromatic N) is 5. The lowest BCUT2D eigenvalue weighted by Gasteiger charge is -2.22. The topological polar surface area (TPSA) is 56.5 Å². The first-order valence-corrected chi connectivity index (χ1v) is 21.5. The molecule has 11 aromatic rings. The molecule has 0 saturated carbocycles. The number of benzene rings is 8. The van der Waals surface area contributed by atoms with Crippen molar-refractivity contribution in [3.63, 3.8) is 0 Å². The molecular weight excluding hydrogens is 763 g/mol. The highest BCUT2D eigenvalue weighted by molar-refractivity contribution is 7.17. The number of fused-ring (bicyclic) bond motifs is 8. The van der Waals surface area contributed by atoms with E-state index in [1.165, 1.54) is 60.0 Å². The first-order chi connectivity index (χ1) is 30.0. The van der Waals surface area contributed by atoms with Crippen molar-refractivity contribution in [1.29, 1.82) is 0 Å². The number of hydrogen-bond acceptors (Lipinski definition) is 5. The molecule has 0 bridgehead atoms. The van der Waals surface area contributed by atoms with Gasteiger partial charge in [-0.05, 0) is 87.5 Å². The summed E-state index contributed by atoms with van der Waals surface area (Å²) in [6.07, 6.45) is 0. The Balaban J connectivity index is 1.03. The molecule has 12 rings (SSSR count). The lowest BCUT2D eigenvalue weighted by Crippen LogP contribution is -2.14. The van der Waals surface area contributed by atoms with Gasteiger partial charge >= 0.3 is 0 Å². The molecule has 5 nitrogen and oxygen atoms in total. The Hall–Kier alpha value is -7.54. The third-order valence-electron chi connectivity index (χ3n) is 12.4. The summed E-state index contributed by atoms with van der Waals surface area (Å²) in [6.45, 7) is 4.71. The van der Waals surface area contributed by atoms with E-state index in [4.69, 9.17) is 15.0 Å². The van der Waals surface area contributed by atoms with Crippen LogP contribution in [-0.2, 0) is 5.41 Å². The van der Waals surface area contributed by atoms with Crippen LogP contribution in [0.1, 0.15) is 25.0 Å². The Morgan fingerprint density at radius 1 is 0.443 bits per heavy atom. The van der Waals surface area contributed by atoms with Gasteiger partial charge < -0.3 is 4.57 Å². The van der Waals surface area contributed by atoms with Crippen molar-refractivity contribution in [1.82, 2.24) is 24.5 Å². The van der Waals surface area contributed by atoms with Crippen LogP contribution in [0.15, 0.2) is 188 Å². The van der Waals surface area contributed by atoms with E-state index < -0.39 is 0 Å². The molecule has 8 aromatic carbocycles. The molecule has 6 heteroatoms. The summed E-state index contributed by atoms with van der Waals surface area (Å²) in [7, 11) is 0. The summed E-state index contributed by atoms with van der Waals surface area (Å²) in [6, 6.07) is 64.8. The van der Waals surface area contributed by atoms with Crippen LogP contribution in [0.25, 0.3) is 105 Å². The largest absolute Gasteiger partial charge is 0.309 e. The molecule has 0 aliphatic heterocycles. The molecular formula is C55H37N5S. The Morgan fingerprint density at radius 2 is 0.984 bits per heavy atom. The zero-order chi connectivity index (χ0) is 40.7. The van der Waals surface area contributed by atoms with Gasteiger partial charge in [0.15, 0.2) is 17.5 Å². The first kappa shape index (κ1) is 35.4. The van der Waals surface area contributed by atoms with Crippen LogP contribution in [-0.4, -0.2) is 24.5 Å². The third kappa shape index (κ3) is 5.75. The number of aromatic nitrogens is 5. The van der Waals surface area contributed by atoms with E-state index in [1.54, 1.807) is 11.3 Å². The van der Waals surface area contributed by atoms with Crippen LogP contribution in [0.3, 0.4) is 0 Å². The van der Waals surface area contributed by atoms with E-state index in [0.717, 1.165) is 38.9 Å². The van der Waals surface area contributed by atoms with Crippen LogP contribution >= 0.6 is 11.3 Å². The fourth-order valence-electron chi connectivity index (χ4n) is 9.33. The quantitative estimate of drug-likeness (QED) is 0.168. The summed E-state index contributed by atoms with van der Waals surface area (Å²) in [4.78, 5) is 19.7. The molecule has 0 spiro atoms. The Bertz CT molecular complexity index is 3440. The smallest absolute Gasteiger partial charge is 0.164 e. The lowest BCUT2D eigenvalue weighted by atomic mass is 9.81. The molecule has 3 aromatic heterocycles. The second-order valence-corrected chi connectivity index (χ2v) is 17.2. The fraction of sp³-hybridized carbons (Fsp3) is 0.0545. The molecule has 0 amide bonds. The maximum atomic E-state index is 5.06. The molecule has 3 heterocycles. The lowest BCUT2D eigenvalue weighted by molar-refractivity contribution is 0.661.